The molecule has 0 amide bonds. The van der Waals surface area contributed by atoms with Crippen LogP contribution in [0.3, 0.4) is 0 Å². The molecule has 0 aromatic rings. The first-order valence-electron chi connectivity index (χ1n) is 3.38. The molecule has 0 aliphatic carbocycles. The van der Waals surface area contributed by atoms with Crippen LogP contribution in [0.25, 0.3) is 0 Å². The van der Waals surface area contributed by atoms with Crippen molar-refractivity contribution in [1.82, 2.24) is 5.32 Å². The lowest BCUT2D eigenvalue weighted by molar-refractivity contribution is 0.647. The smallest absolute Gasteiger partial charge is 0.0235 e. The van der Waals surface area contributed by atoms with E-state index in [0.29, 0.717) is 0 Å². The minimum Gasteiger partial charge on any atom is -0.330 e. The van der Waals surface area contributed by atoms with Crippen LogP contribution in [0.4, 0.5) is 0 Å². The van der Waals surface area contributed by atoms with Crippen LogP contribution in [0.15, 0.2) is 0 Å². The van der Waals surface area contributed by atoms with Crippen LogP contribution in [-0.2, 0) is 0 Å². The van der Waals surface area contributed by atoms with Gasteiger partial charge < -0.3 is 11.1 Å². The molecular weight excluding hydrogens is 136 g/mol. The second-order valence-electron chi connectivity index (χ2n) is 1.93. The number of halogens is 1. The van der Waals surface area contributed by atoms with Gasteiger partial charge in [-0.15, -0.1) is 11.6 Å². The molecule has 3 heteroatoms. The molecular formula is C6H15ClN2. The van der Waals surface area contributed by atoms with Gasteiger partial charge in [0, 0.05) is 5.88 Å². The highest BCUT2D eigenvalue weighted by Gasteiger charge is 1.84. The molecule has 0 atom stereocenters. The van der Waals surface area contributed by atoms with Crippen LogP contribution in [0.2, 0.25) is 0 Å². The van der Waals surface area contributed by atoms with Gasteiger partial charge in [0.15, 0.2) is 0 Å². The van der Waals surface area contributed by atoms with E-state index in [0.717, 1.165) is 38.4 Å². The Hall–Kier alpha value is 0.210. The maximum atomic E-state index is 5.45. The quantitative estimate of drug-likeness (QED) is 0.429. The fourth-order valence-corrected chi connectivity index (χ4v) is 0.678. The Balaban J connectivity index is 2.60. The predicted octanol–water partition coefficient (Wildman–Crippen LogP) is 0.554. The summed E-state index contributed by atoms with van der Waals surface area (Å²) in [5, 5.41) is 3.22. The van der Waals surface area contributed by atoms with Crippen LogP contribution >= 0.6 is 11.6 Å². The molecule has 0 fully saturated rings. The van der Waals surface area contributed by atoms with Crippen LogP contribution in [-0.4, -0.2) is 25.5 Å². The third-order valence-corrected chi connectivity index (χ3v) is 1.31. The van der Waals surface area contributed by atoms with E-state index in [-0.39, 0.29) is 0 Å². The van der Waals surface area contributed by atoms with Crippen molar-refractivity contribution in [1.29, 1.82) is 0 Å². The van der Waals surface area contributed by atoms with Crippen LogP contribution in [0.1, 0.15) is 12.8 Å². The fourth-order valence-electron chi connectivity index (χ4n) is 0.544. The third kappa shape index (κ3) is 8.21. The molecule has 0 aliphatic heterocycles. The van der Waals surface area contributed by atoms with E-state index in [9.17, 15) is 0 Å². The summed E-state index contributed by atoms with van der Waals surface area (Å²) in [5.74, 6) is 0.746. The van der Waals surface area contributed by atoms with Crippen molar-refractivity contribution in [2.24, 2.45) is 5.73 Å². The van der Waals surface area contributed by atoms with Crippen LogP contribution in [0.5, 0.6) is 0 Å². The number of hydrogen-bond acceptors (Lipinski definition) is 2. The summed E-state index contributed by atoms with van der Waals surface area (Å²) in [4.78, 5) is 0. The number of hydrogen-bond donors (Lipinski definition) is 2. The van der Waals surface area contributed by atoms with Gasteiger partial charge in [-0.05, 0) is 32.5 Å². The zero-order valence-electron chi connectivity index (χ0n) is 5.70. The molecule has 0 unspecified atom stereocenters. The maximum absolute atomic E-state index is 5.45. The molecule has 0 rings (SSSR count). The van der Waals surface area contributed by atoms with Gasteiger partial charge in [0.2, 0.25) is 0 Å². The van der Waals surface area contributed by atoms with Crippen molar-refractivity contribution in [2.75, 3.05) is 25.5 Å². The highest BCUT2D eigenvalue weighted by molar-refractivity contribution is 6.17. The van der Waals surface area contributed by atoms with Crippen LogP contribution < -0.4 is 11.1 Å². The largest absolute Gasteiger partial charge is 0.330 e. The highest BCUT2D eigenvalue weighted by atomic mass is 35.5. The molecule has 0 saturated heterocycles. The van der Waals surface area contributed by atoms with Crippen molar-refractivity contribution in [3.63, 3.8) is 0 Å². The Bertz CT molecular complexity index is 44.3. The second-order valence-corrected chi connectivity index (χ2v) is 2.31. The molecule has 0 saturated carbocycles. The average molecular weight is 151 g/mol. The van der Waals surface area contributed by atoms with E-state index in [1.165, 1.54) is 0 Å². The molecule has 0 aliphatic rings. The van der Waals surface area contributed by atoms with Crippen molar-refractivity contribution in [2.45, 2.75) is 12.8 Å². The highest BCUT2D eigenvalue weighted by Crippen LogP contribution is 1.80. The molecule has 0 aromatic carbocycles. The van der Waals surface area contributed by atoms with Crippen molar-refractivity contribution in [3.8, 4) is 0 Å². The molecule has 3 N–H and O–H groups in total. The maximum Gasteiger partial charge on any atom is 0.0235 e. The van der Waals surface area contributed by atoms with Gasteiger partial charge in [-0.3, -0.25) is 0 Å². The molecule has 0 bridgehead atoms. The Morgan fingerprint density at radius 2 is 1.89 bits per heavy atom. The molecule has 2 nitrogen and oxygen atoms in total. The van der Waals surface area contributed by atoms with Gasteiger partial charge in [0.25, 0.3) is 0 Å². The van der Waals surface area contributed by atoms with E-state index in [4.69, 9.17) is 17.3 Å². The van der Waals surface area contributed by atoms with Crippen LogP contribution in [0, 0.1) is 0 Å². The minimum absolute atomic E-state index is 0.746. The van der Waals surface area contributed by atoms with Gasteiger partial charge in [0.05, 0.1) is 0 Å². The monoisotopic (exact) mass is 150 g/mol. The van der Waals surface area contributed by atoms with Gasteiger partial charge in [-0.1, -0.05) is 0 Å². The Labute approximate surface area is 61.8 Å². The minimum atomic E-state index is 0.746. The van der Waals surface area contributed by atoms with Gasteiger partial charge in [-0.2, -0.15) is 0 Å². The average Bonchev–Trinajstić information content (AvgIpc) is 1.89. The number of nitrogens with one attached hydrogen (secondary N) is 1. The molecule has 0 aromatic heterocycles. The Morgan fingerprint density at radius 3 is 2.44 bits per heavy atom. The number of nitrogens with two attached hydrogens (primary N) is 1. The fraction of sp³-hybridized carbons (Fsp3) is 1.00. The Kier molecular flexibility index (Phi) is 8.40. The Morgan fingerprint density at radius 1 is 1.22 bits per heavy atom. The van der Waals surface area contributed by atoms with E-state index in [1.807, 2.05) is 0 Å². The summed E-state index contributed by atoms with van der Waals surface area (Å²) in [6, 6.07) is 0. The summed E-state index contributed by atoms with van der Waals surface area (Å²) >= 11 is 5.45. The van der Waals surface area contributed by atoms with Gasteiger partial charge in [0.1, 0.15) is 0 Å². The summed E-state index contributed by atoms with van der Waals surface area (Å²) in [7, 11) is 0. The number of rotatable bonds is 6. The molecule has 0 radical (unpaired) electrons. The zero-order chi connectivity index (χ0) is 6.95. The molecule has 56 valence electrons. The molecule has 0 heterocycles. The summed E-state index contributed by atoms with van der Waals surface area (Å²) in [5.41, 5.74) is 5.28. The van der Waals surface area contributed by atoms with E-state index in [1.54, 1.807) is 0 Å². The van der Waals surface area contributed by atoms with Crippen molar-refractivity contribution < 1.29 is 0 Å². The lowest BCUT2D eigenvalue weighted by Crippen LogP contribution is -2.19. The van der Waals surface area contributed by atoms with E-state index >= 15 is 0 Å². The van der Waals surface area contributed by atoms with E-state index in [2.05, 4.69) is 5.32 Å². The lowest BCUT2D eigenvalue weighted by atomic mass is 10.4. The topological polar surface area (TPSA) is 38.0 Å². The van der Waals surface area contributed by atoms with E-state index < -0.39 is 0 Å². The third-order valence-electron chi connectivity index (χ3n) is 1.04. The van der Waals surface area contributed by atoms with Gasteiger partial charge in [-0.25, -0.2) is 0 Å². The van der Waals surface area contributed by atoms with Crippen molar-refractivity contribution in [3.05, 3.63) is 0 Å². The SMILES string of the molecule is NCCCNCCCCl. The normalized spacial score (nSPS) is 10.0. The number of alkyl halides is 1. The van der Waals surface area contributed by atoms with Gasteiger partial charge >= 0.3 is 0 Å². The first-order chi connectivity index (χ1) is 4.41. The summed E-state index contributed by atoms with van der Waals surface area (Å²) in [6.07, 6.45) is 2.11. The zero-order valence-corrected chi connectivity index (χ0v) is 6.45. The lowest BCUT2D eigenvalue weighted by Gasteiger charge is -1.99. The predicted molar refractivity (Wildman–Crippen MR) is 41.9 cm³/mol. The van der Waals surface area contributed by atoms with Crippen molar-refractivity contribution >= 4 is 11.6 Å². The summed E-state index contributed by atoms with van der Waals surface area (Å²) in [6.45, 7) is 2.81. The molecule has 9 heavy (non-hydrogen) atoms. The first kappa shape index (κ1) is 9.21. The first-order valence-corrected chi connectivity index (χ1v) is 3.92. The molecule has 0 spiro atoms. The standard InChI is InChI=1S/C6H15ClN2/c7-3-1-5-9-6-2-4-8/h9H,1-6,8H2. The summed E-state index contributed by atoms with van der Waals surface area (Å²) < 4.78 is 0. The second kappa shape index (κ2) is 8.21.